The van der Waals surface area contributed by atoms with Gasteiger partial charge in [-0.1, -0.05) is 18.2 Å². The zero-order chi connectivity index (χ0) is 18.0. The molecule has 0 aliphatic carbocycles. The van der Waals surface area contributed by atoms with Crippen LogP contribution < -0.4 is 15.2 Å². The summed E-state index contributed by atoms with van der Waals surface area (Å²) in [6, 6.07) is 11.5. The quantitative estimate of drug-likeness (QED) is 0.618. The van der Waals surface area contributed by atoms with Crippen LogP contribution in [-0.4, -0.2) is 29.0 Å². The third-order valence-electron chi connectivity index (χ3n) is 3.81. The van der Waals surface area contributed by atoms with Gasteiger partial charge < -0.3 is 15.2 Å². The van der Waals surface area contributed by atoms with Gasteiger partial charge in [-0.05, 0) is 33.6 Å². The van der Waals surface area contributed by atoms with Crippen LogP contribution in [0.1, 0.15) is 5.56 Å². The first-order valence-electron chi connectivity index (χ1n) is 7.45. The maximum Gasteiger partial charge on any atom is 0.193 e. The number of hydrogen-bond acceptors (Lipinski definition) is 6. The predicted molar refractivity (Wildman–Crippen MR) is 103 cm³/mol. The van der Waals surface area contributed by atoms with E-state index >= 15 is 0 Å². The molecule has 0 aliphatic rings. The first-order valence-corrected chi connectivity index (χ1v) is 8.69. The third-order valence-corrected chi connectivity index (χ3v) is 4.72. The lowest BCUT2D eigenvalue weighted by Gasteiger charge is -2.15. The van der Waals surface area contributed by atoms with Crippen molar-refractivity contribution in [2.24, 2.45) is 5.73 Å². The molecule has 8 heteroatoms. The Kier molecular flexibility index (Phi) is 5.31. The maximum atomic E-state index is 5.89. The average molecular weight is 421 g/mol. The second-order valence-corrected chi connectivity index (χ2v) is 6.43. The van der Waals surface area contributed by atoms with Gasteiger partial charge in [0.25, 0.3) is 0 Å². The van der Waals surface area contributed by atoms with Crippen LogP contribution in [-0.2, 0) is 6.54 Å². The summed E-state index contributed by atoms with van der Waals surface area (Å²) in [6.45, 7) is 0.393. The summed E-state index contributed by atoms with van der Waals surface area (Å²) < 4.78 is 13.5. The number of nitrogens with zero attached hydrogens (tertiary/aromatic N) is 3. The zero-order valence-corrected chi connectivity index (χ0v) is 16.2. The number of rotatable bonds is 5. The molecule has 0 aliphatic heterocycles. The number of nitrogens with two attached hydrogens (primary N) is 1. The zero-order valence-electron chi connectivity index (χ0n) is 13.7. The van der Waals surface area contributed by atoms with Crippen molar-refractivity contribution in [3.8, 4) is 28.6 Å². The summed E-state index contributed by atoms with van der Waals surface area (Å²) in [7, 11) is 3.20. The lowest BCUT2D eigenvalue weighted by atomic mass is 10.1. The van der Waals surface area contributed by atoms with Crippen LogP contribution in [0, 0.1) is 0 Å². The molecule has 2 N–H and O–H groups in total. The lowest BCUT2D eigenvalue weighted by Crippen LogP contribution is -2.06. The molecule has 0 bridgehead atoms. The number of benzene rings is 2. The molecule has 0 unspecified atom stereocenters. The van der Waals surface area contributed by atoms with E-state index in [9.17, 15) is 0 Å². The van der Waals surface area contributed by atoms with Gasteiger partial charge in [0, 0.05) is 12.6 Å². The SMILES string of the molecule is COc1cc(OC)c(-c2nnc(S)n2-c2ccccc2CN)cc1Br. The summed E-state index contributed by atoms with van der Waals surface area (Å²) in [5.41, 5.74) is 8.49. The molecule has 0 atom stereocenters. The van der Waals surface area contributed by atoms with E-state index in [1.165, 1.54) is 0 Å². The molecule has 130 valence electrons. The van der Waals surface area contributed by atoms with E-state index in [4.69, 9.17) is 15.2 Å². The van der Waals surface area contributed by atoms with Crippen molar-refractivity contribution in [1.29, 1.82) is 0 Å². The van der Waals surface area contributed by atoms with Gasteiger partial charge in [-0.25, -0.2) is 0 Å². The lowest BCUT2D eigenvalue weighted by molar-refractivity contribution is 0.393. The molecule has 25 heavy (non-hydrogen) atoms. The molecule has 1 heterocycles. The third kappa shape index (κ3) is 3.24. The molecule has 3 aromatic rings. The van der Waals surface area contributed by atoms with Gasteiger partial charge >= 0.3 is 0 Å². The Morgan fingerprint density at radius 1 is 1.12 bits per heavy atom. The molecular formula is C17H17BrN4O2S. The van der Waals surface area contributed by atoms with Crippen molar-refractivity contribution in [3.05, 3.63) is 46.4 Å². The highest BCUT2D eigenvalue weighted by atomic mass is 79.9. The molecule has 0 saturated carbocycles. The van der Waals surface area contributed by atoms with E-state index < -0.39 is 0 Å². The first kappa shape index (κ1) is 17.8. The number of ether oxygens (including phenoxy) is 2. The van der Waals surface area contributed by atoms with Crippen LogP contribution in [0.25, 0.3) is 17.1 Å². The Morgan fingerprint density at radius 2 is 1.84 bits per heavy atom. The van der Waals surface area contributed by atoms with Gasteiger partial charge in [0.05, 0.1) is 29.9 Å². The molecular weight excluding hydrogens is 404 g/mol. The average Bonchev–Trinajstić information content (AvgIpc) is 3.02. The van der Waals surface area contributed by atoms with E-state index in [0.717, 1.165) is 21.3 Å². The Morgan fingerprint density at radius 3 is 2.52 bits per heavy atom. The molecule has 6 nitrogen and oxygen atoms in total. The van der Waals surface area contributed by atoms with Gasteiger partial charge in [0.15, 0.2) is 11.0 Å². The second-order valence-electron chi connectivity index (χ2n) is 5.18. The number of halogens is 1. The molecule has 1 aromatic heterocycles. The van der Waals surface area contributed by atoms with Gasteiger partial charge in [-0.2, -0.15) is 0 Å². The van der Waals surface area contributed by atoms with E-state index in [2.05, 4.69) is 38.8 Å². The molecule has 0 saturated heterocycles. The Balaban J connectivity index is 2.26. The fourth-order valence-electron chi connectivity index (χ4n) is 2.61. The van der Waals surface area contributed by atoms with E-state index in [0.29, 0.717) is 29.0 Å². The van der Waals surface area contributed by atoms with E-state index in [1.54, 1.807) is 20.3 Å². The van der Waals surface area contributed by atoms with Gasteiger partial charge in [0.2, 0.25) is 0 Å². The highest BCUT2D eigenvalue weighted by Gasteiger charge is 2.20. The number of hydrogen-bond donors (Lipinski definition) is 2. The highest BCUT2D eigenvalue weighted by Crippen LogP contribution is 2.39. The van der Waals surface area contributed by atoms with Gasteiger partial charge in [-0.15, -0.1) is 22.8 Å². The first-order chi connectivity index (χ1) is 12.1. The van der Waals surface area contributed by atoms with Crippen molar-refractivity contribution in [3.63, 3.8) is 0 Å². The molecule has 0 fully saturated rings. The summed E-state index contributed by atoms with van der Waals surface area (Å²) in [5.74, 6) is 1.89. The van der Waals surface area contributed by atoms with Crippen molar-refractivity contribution < 1.29 is 9.47 Å². The molecule has 0 amide bonds. The van der Waals surface area contributed by atoms with Gasteiger partial charge in [0.1, 0.15) is 11.5 Å². The van der Waals surface area contributed by atoms with E-state index in [1.807, 2.05) is 34.9 Å². The number of thiol groups is 1. The van der Waals surface area contributed by atoms with E-state index in [-0.39, 0.29) is 0 Å². The smallest absolute Gasteiger partial charge is 0.193 e. The summed E-state index contributed by atoms with van der Waals surface area (Å²) in [6.07, 6.45) is 0. The van der Waals surface area contributed by atoms with Crippen molar-refractivity contribution in [1.82, 2.24) is 14.8 Å². The Labute approximate surface area is 159 Å². The largest absolute Gasteiger partial charge is 0.496 e. The standard InChI is InChI=1S/C17H17BrN4O2S/c1-23-14-8-15(24-2)12(18)7-11(14)16-20-21-17(25)22(16)13-6-4-3-5-10(13)9-19/h3-8H,9,19H2,1-2H3,(H,21,25). The fourth-order valence-corrected chi connectivity index (χ4v) is 3.36. The van der Waals surface area contributed by atoms with Crippen LogP contribution in [0.15, 0.2) is 46.0 Å². The predicted octanol–water partition coefficient (Wildman–Crippen LogP) is 3.46. The van der Waals surface area contributed by atoms with Crippen molar-refractivity contribution >= 4 is 28.6 Å². The summed E-state index contributed by atoms with van der Waals surface area (Å²) in [4.78, 5) is 0. The Hall–Kier alpha value is -2.03. The highest BCUT2D eigenvalue weighted by molar-refractivity contribution is 9.10. The molecule has 2 aromatic carbocycles. The minimum atomic E-state index is 0.393. The molecule has 0 spiro atoms. The van der Waals surface area contributed by atoms with Crippen LogP contribution in [0.5, 0.6) is 11.5 Å². The number of para-hydroxylation sites is 1. The maximum absolute atomic E-state index is 5.89. The number of methoxy groups -OCH3 is 2. The topological polar surface area (TPSA) is 75.2 Å². The Bertz CT molecular complexity index is 914. The fraction of sp³-hybridized carbons (Fsp3) is 0.176. The minimum absolute atomic E-state index is 0.393. The van der Waals surface area contributed by atoms with Gasteiger partial charge in [-0.3, -0.25) is 4.57 Å². The molecule has 3 rings (SSSR count). The monoisotopic (exact) mass is 420 g/mol. The summed E-state index contributed by atoms with van der Waals surface area (Å²) >= 11 is 7.97. The summed E-state index contributed by atoms with van der Waals surface area (Å²) in [5, 5.41) is 8.89. The second kappa shape index (κ2) is 7.47. The normalized spacial score (nSPS) is 10.8. The minimum Gasteiger partial charge on any atom is -0.496 e. The van der Waals surface area contributed by atoms with Crippen molar-refractivity contribution in [2.75, 3.05) is 14.2 Å². The van der Waals surface area contributed by atoms with Crippen LogP contribution in [0.2, 0.25) is 0 Å². The number of aromatic nitrogens is 3. The van der Waals surface area contributed by atoms with Crippen LogP contribution >= 0.6 is 28.6 Å². The van der Waals surface area contributed by atoms with Crippen molar-refractivity contribution in [2.45, 2.75) is 11.7 Å². The van der Waals surface area contributed by atoms with Crippen LogP contribution in [0.4, 0.5) is 0 Å². The van der Waals surface area contributed by atoms with Crippen LogP contribution in [0.3, 0.4) is 0 Å². The molecule has 0 radical (unpaired) electrons.